The number of benzene rings is 4. The van der Waals surface area contributed by atoms with Crippen molar-refractivity contribution in [2.75, 3.05) is 0 Å². The number of phenolic OH excluding ortho intramolecular Hbond substituents is 2. The van der Waals surface area contributed by atoms with Crippen molar-refractivity contribution in [1.82, 2.24) is 0 Å². The van der Waals surface area contributed by atoms with Gasteiger partial charge in [-0.3, -0.25) is 0 Å². The summed E-state index contributed by atoms with van der Waals surface area (Å²) >= 11 is 0. The van der Waals surface area contributed by atoms with Gasteiger partial charge in [0, 0.05) is 0 Å². The van der Waals surface area contributed by atoms with Crippen molar-refractivity contribution in [3.63, 3.8) is 0 Å². The zero-order valence-corrected chi connectivity index (χ0v) is 30.9. The van der Waals surface area contributed by atoms with Gasteiger partial charge in [-0.15, -0.1) is 0 Å². The Hall–Kier alpha value is -3.52. The van der Waals surface area contributed by atoms with E-state index in [9.17, 15) is 10.2 Å². The summed E-state index contributed by atoms with van der Waals surface area (Å²) < 4.78 is 0. The molecular weight excluding hydrogens is 621 g/mol. The first-order valence-electron chi connectivity index (χ1n) is 21.0. The van der Waals surface area contributed by atoms with E-state index >= 15 is 0 Å². The molecule has 4 aromatic carbocycles. The van der Waals surface area contributed by atoms with E-state index in [0.29, 0.717) is 35.2 Å². The lowest BCUT2D eigenvalue weighted by molar-refractivity contribution is 0.391. The number of phenols is 2. The Morgan fingerprint density at radius 1 is 0.333 bits per heavy atom. The molecule has 4 aromatic rings. The summed E-state index contributed by atoms with van der Waals surface area (Å²) in [4.78, 5) is 0. The molecule has 0 radical (unpaired) electrons. The van der Waals surface area contributed by atoms with Crippen molar-refractivity contribution >= 4 is 0 Å². The third-order valence-electron chi connectivity index (χ3n) is 13.8. The summed E-state index contributed by atoms with van der Waals surface area (Å²) in [6.45, 7) is 0. The fourth-order valence-electron chi connectivity index (χ4n) is 11.1. The van der Waals surface area contributed by atoms with Crippen molar-refractivity contribution in [3.8, 4) is 11.5 Å². The highest BCUT2D eigenvalue weighted by Gasteiger charge is 2.42. The first kappa shape index (κ1) is 34.6. The van der Waals surface area contributed by atoms with E-state index in [-0.39, 0.29) is 0 Å². The molecule has 268 valence electrons. The van der Waals surface area contributed by atoms with Crippen LogP contribution in [0.15, 0.2) is 84.9 Å². The minimum Gasteiger partial charge on any atom is -0.507 e. The van der Waals surface area contributed by atoms with Crippen molar-refractivity contribution < 1.29 is 10.2 Å². The quantitative estimate of drug-likeness (QED) is 0.182. The van der Waals surface area contributed by atoms with E-state index in [1.807, 2.05) is 0 Å². The van der Waals surface area contributed by atoms with Gasteiger partial charge in [0.2, 0.25) is 0 Å². The van der Waals surface area contributed by atoms with Crippen LogP contribution in [0.2, 0.25) is 0 Å². The first-order chi connectivity index (χ1) is 25.1. The summed E-state index contributed by atoms with van der Waals surface area (Å²) in [6.07, 6.45) is 24.3. The molecule has 2 heteroatoms. The molecule has 0 unspecified atom stereocenters. The lowest BCUT2D eigenvalue weighted by Gasteiger charge is -2.40. The second-order valence-electron chi connectivity index (χ2n) is 16.8. The lowest BCUT2D eigenvalue weighted by Crippen LogP contribution is -2.32. The van der Waals surface area contributed by atoms with E-state index in [4.69, 9.17) is 0 Å². The van der Waals surface area contributed by atoms with Gasteiger partial charge in [0.05, 0.1) is 5.41 Å². The molecule has 2 nitrogen and oxygen atoms in total. The topological polar surface area (TPSA) is 40.5 Å². The maximum atomic E-state index is 12.3. The molecular formula is C49H60O2. The van der Waals surface area contributed by atoms with Gasteiger partial charge in [0.15, 0.2) is 0 Å². The Morgan fingerprint density at radius 3 is 0.843 bits per heavy atom. The van der Waals surface area contributed by atoms with Crippen molar-refractivity contribution in [3.05, 3.63) is 129 Å². The van der Waals surface area contributed by atoms with Gasteiger partial charge in [-0.1, -0.05) is 162 Å². The summed E-state index contributed by atoms with van der Waals surface area (Å²) in [5, 5.41) is 24.7. The third-order valence-corrected chi connectivity index (χ3v) is 13.8. The molecule has 0 aromatic heterocycles. The van der Waals surface area contributed by atoms with Crippen LogP contribution in [-0.2, 0) is 5.41 Å². The van der Waals surface area contributed by atoms with Crippen LogP contribution >= 0.6 is 0 Å². The highest BCUT2D eigenvalue weighted by atomic mass is 16.3. The summed E-state index contributed by atoms with van der Waals surface area (Å²) in [6, 6.07) is 32.3. The Bertz CT molecular complexity index is 1520. The normalized spacial score (nSPS) is 20.4. The zero-order chi connectivity index (χ0) is 34.6. The molecule has 0 amide bonds. The fourth-order valence-corrected chi connectivity index (χ4v) is 11.1. The SMILES string of the molecule is Oc1c(C2CCCCC2)cc(C(c2ccccc2)(c2ccccc2)c2cc(C3CCCCC3)c(O)c(C3CCCCC3)c2)cc1C1CCCCC1. The molecule has 0 saturated heterocycles. The molecule has 2 N–H and O–H groups in total. The van der Waals surface area contributed by atoms with Crippen molar-refractivity contribution in [1.29, 1.82) is 0 Å². The van der Waals surface area contributed by atoms with Gasteiger partial charge in [-0.2, -0.15) is 0 Å². The zero-order valence-electron chi connectivity index (χ0n) is 30.9. The predicted molar refractivity (Wildman–Crippen MR) is 211 cm³/mol. The van der Waals surface area contributed by atoms with Crippen LogP contribution in [0.4, 0.5) is 0 Å². The minimum atomic E-state index is -0.608. The minimum absolute atomic E-state index is 0.390. The predicted octanol–water partition coefficient (Wildman–Crippen LogP) is 13.7. The van der Waals surface area contributed by atoms with Gasteiger partial charge in [-0.05, 0) is 120 Å². The van der Waals surface area contributed by atoms with E-state index in [0.717, 1.165) is 51.4 Å². The highest BCUT2D eigenvalue weighted by molar-refractivity contribution is 5.65. The molecule has 4 aliphatic carbocycles. The van der Waals surface area contributed by atoms with Crippen molar-refractivity contribution in [2.45, 2.75) is 158 Å². The largest absolute Gasteiger partial charge is 0.507 e. The molecule has 51 heavy (non-hydrogen) atoms. The summed E-state index contributed by atoms with van der Waals surface area (Å²) in [5.41, 5.74) is 9.23. The van der Waals surface area contributed by atoms with Crippen LogP contribution < -0.4 is 0 Å². The Balaban J connectivity index is 1.45. The van der Waals surface area contributed by atoms with Crippen LogP contribution in [0, 0.1) is 0 Å². The molecule has 0 bridgehead atoms. The van der Waals surface area contributed by atoms with E-state index in [2.05, 4.69) is 84.9 Å². The maximum Gasteiger partial charge on any atom is 0.122 e. The Labute approximate surface area is 307 Å². The molecule has 4 aliphatic rings. The van der Waals surface area contributed by atoms with Crippen LogP contribution in [0.5, 0.6) is 11.5 Å². The number of hydrogen-bond donors (Lipinski definition) is 2. The first-order valence-corrected chi connectivity index (χ1v) is 21.0. The average molecular weight is 681 g/mol. The Morgan fingerprint density at radius 2 is 0.588 bits per heavy atom. The van der Waals surface area contributed by atoms with Gasteiger partial charge < -0.3 is 10.2 Å². The van der Waals surface area contributed by atoms with E-state index in [1.54, 1.807) is 0 Å². The van der Waals surface area contributed by atoms with Crippen LogP contribution in [0.1, 0.15) is 197 Å². The van der Waals surface area contributed by atoms with Crippen LogP contribution in [0.25, 0.3) is 0 Å². The second-order valence-corrected chi connectivity index (χ2v) is 16.8. The van der Waals surface area contributed by atoms with Gasteiger partial charge in [0.1, 0.15) is 11.5 Å². The molecule has 0 aliphatic heterocycles. The molecule has 4 fully saturated rings. The van der Waals surface area contributed by atoms with Crippen LogP contribution in [0.3, 0.4) is 0 Å². The van der Waals surface area contributed by atoms with E-state index < -0.39 is 5.41 Å². The number of rotatable bonds is 8. The standard InChI is InChI=1S/C49H60O2/c50-47-43(35-19-7-1-8-20-35)31-41(32-44(47)36-21-9-2-10-22-36)49(39-27-15-5-16-28-39,40-29-17-6-18-30-40)42-33-45(37-23-11-3-12-24-37)48(51)46(34-42)38-25-13-4-14-26-38/h5-6,15-18,27-38,50-51H,1-4,7-14,19-26H2. The summed E-state index contributed by atoms with van der Waals surface area (Å²) in [7, 11) is 0. The Kier molecular flexibility index (Phi) is 10.6. The smallest absolute Gasteiger partial charge is 0.122 e. The monoisotopic (exact) mass is 680 g/mol. The average Bonchev–Trinajstić information content (AvgIpc) is 3.21. The molecule has 8 rings (SSSR count). The van der Waals surface area contributed by atoms with Gasteiger partial charge >= 0.3 is 0 Å². The van der Waals surface area contributed by atoms with Crippen LogP contribution in [-0.4, -0.2) is 10.2 Å². The molecule has 0 atom stereocenters. The fraction of sp³-hybridized carbons (Fsp3) is 0.510. The summed E-state index contributed by atoms with van der Waals surface area (Å²) in [5.74, 6) is 2.73. The number of aromatic hydroxyl groups is 2. The molecule has 0 heterocycles. The molecule has 0 spiro atoms. The number of hydrogen-bond acceptors (Lipinski definition) is 2. The highest BCUT2D eigenvalue weighted by Crippen LogP contribution is 2.54. The van der Waals surface area contributed by atoms with E-state index in [1.165, 1.54) is 122 Å². The lowest BCUT2D eigenvalue weighted by atomic mass is 9.62. The van der Waals surface area contributed by atoms with Gasteiger partial charge in [-0.25, -0.2) is 0 Å². The third kappa shape index (κ3) is 6.78. The second kappa shape index (κ2) is 15.6. The van der Waals surface area contributed by atoms with Gasteiger partial charge in [0.25, 0.3) is 0 Å². The molecule has 4 saturated carbocycles. The van der Waals surface area contributed by atoms with Crippen molar-refractivity contribution in [2.24, 2.45) is 0 Å². The maximum absolute atomic E-state index is 12.3.